The van der Waals surface area contributed by atoms with Crippen LogP contribution in [-0.2, 0) is 6.42 Å². The van der Waals surface area contributed by atoms with E-state index in [-0.39, 0.29) is 0 Å². The van der Waals surface area contributed by atoms with E-state index in [1.54, 1.807) is 0 Å². The van der Waals surface area contributed by atoms with Crippen LogP contribution in [0.2, 0.25) is 0 Å². The molecule has 31 heavy (non-hydrogen) atoms. The molecule has 0 bridgehead atoms. The highest BCUT2D eigenvalue weighted by Gasteiger charge is 1.97. The summed E-state index contributed by atoms with van der Waals surface area (Å²) in [6.45, 7) is 2.29. The molecule has 0 N–H and O–H groups in total. The quantitative estimate of drug-likeness (QED) is 0.156. The minimum absolute atomic E-state index is 1.23. The van der Waals surface area contributed by atoms with Gasteiger partial charge in [0.1, 0.15) is 0 Å². The number of aryl methyl sites for hydroxylation is 1. The maximum absolute atomic E-state index is 2.43. The van der Waals surface area contributed by atoms with Crippen molar-refractivity contribution in [1.29, 1.82) is 0 Å². The SMILES string of the molecule is CCCCCCCC/C=C/CCCCCCCCCCCc1ccc2ccccc2c1. The van der Waals surface area contributed by atoms with E-state index < -0.39 is 0 Å². The van der Waals surface area contributed by atoms with Crippen molar-refractivity contribution in [3.05, 3.63) is 60.2 Å². The van der Waals surface area contributed by atoms with Crippen molar-refractivity contribution in [2.75, 3.05) is 0 Å². The van der Waals surface area contributed by atoms with Crippen molar-refractivity contribution in [2.24, 2.45) is 0 Å². The molecule has 0 atom stereocenters. The van der Waals surface area contributed by atoms with E-state index in [0.29, 0.717) is 0 Å². The van der Waals surface area contributed by atoms with Crippen LogP contribution in [0.1, 0.15) is 122 Å². The maximum Gasteiger partial charge on any atom is -0.0181 e. The summed E-state index contributed by atoms with van der Waals surface area (Å²) in [6, 6.07) is 15.7. The molecule has 0 fully saturated rings. The van der Waals surface area contributed by atoms with Gasteiger partial charge in [-0.1, -0.05) is 139 Å². The van der Waals surface area contributed by atoms with Crippen molar-refractivity contribution < 1.29 is 0 Å². The molecule has 172 valence electrons. The van der Waals surface area contributed by atoms with E-state index >= 15 is 0 Å². The van der Waals surface area contributed by atoms with Crippen LogP contribution in [0.3, 0.4) is 0 Å². The standard InChI is InChI=1S/C31H48/c1-2-3-4-5-6-7-8-9-10-11-12-13-14-15-16-17-18-19-20-23-29-26-27-30-24-21-22-25-31(30)28-29/h9-10,21-22,24-28H,2-8,11-20,23H2,1H3/b10-9+. The topological polar surface area (TPSA) is 0 Å². The molecular formula is C31H48. The number of rotatable bonds is 19. The van der Waals surface area contributed by atoms with Gasteiger partial charge in [-0.05, 0) is 54.9 Å². The lowest BCUT2D eigenvalue weighted by Gasteiger charge is -2.05. The summed E-state index contributed by atoms with van der Waals surface area (Å²) in [5.74, 6) is 0. The molecule has 0 aliphatic heterocycles. The number of benzene rings is 2. The van der Waals surface area contributed by atoms with Crippen LogP contribution < -0.4 is 0 Å². The third-order valence-electron chi connectivity index (χ3n) is 6.54. The van der Waals surface area contributed by atoms with Gasteiger partial charge in [0.05, 0.1) is 0 Å². The molecule has 0 saturated carbocycles. The first kappa shape index (κ1) is 25.7. The van der Waals surface area contributed by atoms with Gasteiger partial charge in [0.25, 0.3) is 0 Å². The lowest BCUT2D eigenvalue weighted by atomic mass is 10.0. The summed E-state index contributed by atoms with van der Waals surface area (Å²) in [6.07, 6.45) is 29.8. The van der Waals surface area contributed by atoms with Gasteiger partial charge in [0.2, 0.25) is 0 Å². The molecule has 2 aromatic rings. The van der Waals surface area contributed by atoms with E-state index in [4.69, 9.17) is 0 Å². The molecule has 0 aliphatic carbocycles. The molecule has 0 spiro atoms. The second-order valence-electron chi connectivity index (χ2n) is 9.43. The van der Waals surface area contributed by atoms with Gasteiger partial charge >= 0.3 is 0 Å². The molecule has 0 radical (unpaired) electrons. The normalized spacial score (nSPS) is 11.6. The fraction of sp³-hybridized carbons (Fsp3) is 0.613. The van der Waals surface area contributed by atoms with Gasteiger partial charge in [-0.25, -0.2) is 0 Å². The molecule has 0 aromatic heterocycles. The largest absolute Gasteiger partial charge is 0.0885 e. The molecular weight excluding hydrogens is 372 g/mol. The zero-order chi connectivity index (χ0) is 21.8. The Hall–Kier alpha value is -1.56. The first-order chi connectivity index (χ1) is 15.4. The molecule has 0 amide bonds. The second kappa shape index (κ2) is 18.1. The predicted octanol–water partition coefficient (Wildman–Crippen LogP) is 10.6. The molecule has 2 rings (SSSR count). The number of hydrogen-bond donors (Lipinski definition) is 0. The van der Waals surface area contributed by atoms with Crippen LogP contribution in [0, 0.1) is 0 Å². The highest BCUT2D eigenvalue weighted by molar-refractivity contribution is 5.82. The summed E-state index contributed by atoms with van der Waals surface area (Å²) in [7, 11) is 0. The molecule has 0 heteroatoms. The van der Waals surface area contributed by atoms with Crippen molar-refractivity contribution >= 4 is 10.8 Å². The number of hydrogen-bond acceptors (Lipinski definition) is 0. The average Bonchev–Trinajstić information content (AvgIpc) is 2.80. The van der Waals surface area contributed by atoms with Gasteiger partial charge in [-0.2, -0.15) is 0 Å². The minimum atomic E-state index is 1.23. The Kier molecular flexibility index (Phi) is 15.0. The van der Waals surface area contributed by atoms with E-state index in [0.717, 1.165) is 0 Å². The molecule has 0 saturated heterocycles. The van der Waals surface area contributed by atoms with E-state index in [2.05, 4.69) is 61.5 Å². The lowest BCUT2D eigenvalue weighted by Crippen LogP contribution is -1.87. The van der Waals surface area contributed by atoms with Crippen molar-refractivity contribution in [2.45, 2.75) is 122 Å². The smallest absolute Gasteiger partial charge is 0.0181 e. The van der Waals surface area contributed by atoms with Gasteiger partial charge in [-0.15, -0.1) is 0 Å². The Morgan fingerprint density at radius 2 is 1.03 bits per heavy atom. The molecule has 0 heterocycles. The monoisotopic (exact) mass is 420 g/mol. The molecule has 2 aromatic carbocycles. The van der Waals surface area contributed by atoms with Crippen molar-refractivity contribution in [3.8, 4) is 0 Å². The van der Waals surface area contributed by atoms with Crippen molar-refractivity contribution in [3.63, 3.8) is 0 Å². The van der Waals surface area contributed by atoms with E-state index in [1.165, 1.54) is 132 Å². The first-order valence-electron chi connectivity index (χ1n) is 13.5. The predicted molar refractivity (Wildman–Crippen MR) is 141 cm³/mol. The average molecular weight is 421 g/mol. The Balaban J connectivity index is 1.32. The van der Waals surface area contributed by atoms with Gasteiger partial charge < -0.3 is 0 Å². The minimum Gasteiger partial charge on any atom is -0.0885 e. The van der Waals surface area contributed by atoms with Gasteiger partial charge in [-0.3, -0.25) is 0 Å². The second-order valence-corrected chi connectivity index (χ2v) is 9.43. The van der Waals surface area contributed by atoms with Gasteiger partial charge in [0, 0.05) is 0 Å². The summed E-state index contributed by atoms with van der Waals surface area (Å²) in [5, 5.41) is 2.74. The summed E-state index contributed by atoms with van der Waals surface area (Å²) in [5.41, 5.74) is 1.50. The molecule has 0 nitrogen and oxygen atoms in total. The van der Waals surface area contributed by atoms with Crippen LogP contribution in [0.4, 0.5) is 0 Å². The van der Waals surface area contributed by atoms with Crippen LogP contribution in [0.15, 0.2) is 54.6 Å². The Labute approximate surface area is 193 Å². The van der Waals surface area contributed by atoms with Crippen molar-refractivity contribution in [1.82, 2.24) is 0 Å². The number of fused-ring (bicyclic) bond motifs is 1. The zero-order valence-electron chi connectivity index (χ0n) is 20.4. The molecule has 0 aliphatic rings. The van der Waals surface area contributed by atoms with Crippen LogP contribution in [0.5, 0.6) is 0 Å². The number of unbranched alkanes of at least 4 members (excludes halogenated alkanes) is 15. The lowest BCUT2D eigenvalue weighted by molar-refractivity contribution is 0.560. The van der Waals surface area contributed by atoms with E-state index in [1.807, 2.05) is 0 Å². The Morgan fingerprint density at radius 1 is 0.516 bits per heavy atom. The number of allylic oxidation sites excluding steroid dienone is 2. The third kappa shape index (κ3) is 12.8. The molecule has 0 unspecified atom stereocenters. The summed E-state index contributed by atoms with van der Waals surface area (Å²) >= 11 is 0. The van der Waals surface area contributed by atoms with Crippen LogP contribution in [-0.4, -0.2) is 0 Å². The highest BCUT2D eigenvalue weighted by Crippen LogP contribution is 2.18. The fourth-order valence-corrected chi connectivity index (χ4v) is 4.50. The van der Waals surface area contributed by atoms with Gasteiger partial charge in [0.15, 0.2) is 0 Å². The first-order valence-corrected chi connectivity index (χ1v) is 13.5. The zero-order valence-corrected chi connectivity index (χ0v) is 20.4. The maximum atomic E-state index is 2.43. The summed E-state index contributed by atoms with van der Waals surface area (Å²) in [4.78, 5) is 0. The Bertz CT molecular complexity index is 696. The third-order valence-corrected chi connectivity index (χ3v) is 6.54. The fourth-order valence-electron chi connectivity index (χ4n) is 4.50. The Morgan fingerprint density at radius 3 is 1.65 bits per heavy atom. The summed E-state index contributed by atoms with van der Waals surface area (Å²) < 4.78 is 0. The van der Waals surface area contributed by atoms with E-state index in [9.17, 15) is 0 Å². The van der Waals surface area contributed by atoms with Crippen LogP contribution >= 0.6 is 0 Å². The highest BCUT2D eigenvalue weighted by atomic mass is 14.0. The van der Waals surface area contributed by atoms with Crippen LogP contribution in [0.25, 0.3) is 10.8 Å².